The van der Waals surface area contributed by atoms with Gasteiger partial charge in [0.2, 0.25) is 0 Å². The molecule has 0 radical (unpaired) electrons. The molecule has 5 nitrogen and oxygen atoms in total. The molecule has 6 rings (SSSR count). The lowest BCUT2D eigenvalue weighted by atomic mass is 9.41. The minimum atomic E-state index is -1.12. The van der Waals surface area contributed by atoms with E-state index >= 15 is 0 Å². The zero-order valence-electron chi connectivity index (χ0n) is 23.6. The van der Waals surface area contributed by atoms with Crippen molar-refractivity contribution in [1.29, 1.82) is 0 Å². The average Bonchev–Trinajstić information content (AvgIpc) is 3.58. The second kappa shape index (κ2) is 9.18. The Morgan fingerprint density at radius 3 is 2.62 bits per heavy atom. The Morgan fingerprint density at radius 2 is 1.97 bits per heavy atom. The molecule has 3 saturated carbocycles. The third-order valence-electron chi connectivity index (χ3n) is 12.5. The van der Waals surface area contributed by atoms with Crippen LogP contribution >= 0.6 is 0 Å². The van der Waals surface area contributed by atoms with Crippen molar-refractivity contribution in [1.82, 2.24) is 4.90 Å². The maximum atomic E-state index is 13.8. The molecule has 37 heavy (non-hydrogen) atoms. The summed E-state index contributed by atoms with van der Waals surface area (Å²) in [4.78, 5) is 29.8. The van der Waals surface area contributed by atoms with Gasteiger partial charge in [-0.1, -0.05) is 58.6 Å². The number of piperidine rings is 1. The molecule has 7 unspecified atom stereocenters. The van der Waals surface area contributed by atoms with Gasteiger partial charge in [0.1, 0.15) is 11.7 Å². The zero-order chi connectivity index (χ0) is 26.2. The van der Waals surface area contributed by atoms with Crippen molar-refractivity contribution in [2.75, 3.05) is 19.6 Å². The molecule has 2 heterocycles. The molecule has 206 valence electrons. The van der Waals surface area contributed by atoms with Crippen LogP contribution in [0.4, 0.5) is 0 Å². The fourth-order valence-electron chi connectivity index (χ4n) is 11.3. The molecular weight excluding hydrogens is 462 g/mol. The molecule has 0 aromatic heterocycles. The van der Waals surface area contributed by atoms with Crippen molar-refractivity contribution in [2.45, 2.75) is 104 Å². The number of nitrogens with zero attached hydrogens (tertiary/aromatic N) is 1. The number of ether oxygens (including phenoxy) is 1. The number of likely N-dealkylation sites (tertiary alicyclic amines) is 1. The number of carboxylic acids is 1. The van der Waals surface area contributed by atoms with Crippen molar-refractivity contribution in [2.24, 2.45) is 51.8 Å². The monoisotopic (exact) mass is 511 g/mol. The Bertz CT molecular complexity index is 954. The van der Waals surface area contributed by atoms with Crippen LogP contribution in [0.5, 0.6) is 0 Å². The molecule has 4 bridgehead atoms. The molecule has 0 aromatic carbocycles. The van der Waals surface area contributed by atoms with Crippen LogP contribution in [0, 0.1) is 51.8 Å². The maximum absolute atomic E-state index is 13.8. The number of aldehydes is 1. The van der Waals surface area contributed by atoms with E-state index in [1.807, 2.05) is 0 Å². The van der Waals surface area contributed by atoms with Gasteiger partial charge in [0.15, 0.2) is 0 Å². The van der Waals surface area contributed by atoms with Crippen molar-refractivity contribution in [3.05, 3.63) is 11.6 Å². The highest BCUT2D eigenvalue weighted by Gasteiger charge is 2.86. The highest BCUT2D eigenvalue weighted by molar-refractivity contribution is 5.90. The highest BCUT2D eigenvalue weighted by Crippen LogP contribution is 2.84. The number of carboxylic acid groups (broad SMARTS) is 1. The molecule has 0 amide bonds. The lowest BCUT2D eigenvalue weighted by Gasteiger charge is -2.60. The van der Waals surface area contributed by atoms with Crippen LogP contribution in [0.2, 0.25) is 0 Å². The van der Waals surface area contributed by atoms with Gasteiger partial charge in [-0.25, -0.2) is 0 Å². The van der Waals surface area contributed by atoms with Gasteiger partial charge in [-0.2, -0.15) is 0 Å². The number of hydrogen-bond donors (Lipinski definition) is 1. The second-order valence-electron chi connectivity index (χ2n) is 14.2. The lowest BCUT2D eigenvalue weighted by Crippen LogP contribution is -2.65. The van der Waals surface area contributed by atoms with Gasteiger partial charge in [0, 0.05) is 12.0 Å². The van der Waals surface area contributed by atoms with E-state index in [4.69, 9.17) is 4.74 Å². The summed E-state index contributed by atoms with van der Waals surface area (Å²) in [5.74, 6) is 1.15. The summed E-state index contributed by atoms with van der Waals surface area (Å²) >= 11 is 0. The van der Waals surface area contributed by atoms with Crippen LogP contribution in [0.1, 0.15) is 91.9 Å². The van der Waals surface area contributed by atoms with Gasteiger partial charge in [-0.3, -0.25) is 4.79 Å². The molecule has 2 saturated heterocycles. The molecule has 4 aliphatic carbocycles. The number of rotatable bonds is 8. The SMILES string of the molecule is CCCC1CC(C23C[C@@H]4[C@H](C)CC[C@H]4C4(C=O)CC2C=C(C(C)C)C34C(=O)O)OC1CN1CCCCC1. The number of carbonyl (C=O) groups excluding carboxylic acids is 1. The van der Waals surface area contributed by atoms with Crippen LogP contribution < -0.4 is 0 Å². The number of fused-ring (bicyclic) bond motifs is 2. The molecule has 2 aliphatic heterocycles. The third-order valence-corrected chi connectivity index (χ3v) is 12.5. The maximum Gasteiger partial charge on any atom is 0.315 e. The Morgan fingerprint density at radius 1 is 1.22 bits per heavy atom. The van der Waals surface area contributed by atoms with E-state index in [1.165, 1.54) is 19.3 Å². The fraction of sp³-hybridized carbons (Fsp3) is 0.875. The van der Waals surface area contributed by atoms with Crippen molar-refractivity contribution in [3.63, 3.8) is 0 Å². The summed E-state index contributed by atoms with van der Waals surface area (Å²) < 4.78 is 7.19. The van der Waals surface area contributed by atoms with Crippen LogP contribution in [-0.2, 0) is 14.3 Å². The van der Waals surface area contributed by atoms with Crippen molar-refractivity contribution in [3.8, 4) is 0 Å². The summed E-state index contributed by atoms with van der Waals surface area (Å²) in [6.07, 6.45) is 14.4. The Kier molecular flexibility index (Phi) is 6.46. The third kappa shape index (κ3) is 3.22. The molecule has 5 fully saturated rings. The predicted octanol–water partition coefficient (Wildman–Crippen LogP) is 5.97. The average molecular weight is 512 g/mol. The lowest BCUT2D eigenvalue weighted by molar-refractivity contribution is -0.197. The van der Waals surface area contributed by atoms with Crippen LogP contribution in [-0.4, -0.2) is 54.1 Å². The zero-order valence-corrected chi connectivity index (χ0v) is 23.6. The topological polar surface area (TPSA) is 66.8 Å². The predicted molar refractivity (Wildman–Crippen MR) is 144 cm³/mol. The standard InChI is InChI=1S/C32H49NO4/c1-5-9-22-14-28(37-27(22)18-33-12-7-6-8-13-33)31-17-24-21(4)10-11-25(24)30(19-34)16-23(31)15-26(20(2)3)32(30,31)29(35)36/h15,19-25,27-28H,5-14,16-18H2,1-4H3,(H,35,36)/t21-,22?,23?,24-,25-,27?,28?,30?,31?,32?/m1/s1. The summed E-state index contributed by atoms with van der Waals surface area (Å²) in [7, 11) is 0. The van der Waals surface area contributed by atoms with Crippen molar-refractivity contribution < 1.29 is 19.4 Å². The van der Waals surface area contributed by atoms with Crippen molar-refractivity contribution >= 4 is 12.3 Å². The molecule has 10 atom stereocenters. The molecule has 0 spiro atoms. The van der Waals surface area contributed by atoms with E-state index in [1.54, 1.807) is 0 Å². The number of carbonyl (C=O) groups is 2. The molecular formula is C32H49NO4. The molecule has 5 heteroatoms. The van der Waals surface area contributed by atoms with Crippen LogP contribution in [0.3, 0.4) is 0 Å². The summed E-state index contributed by atoms with van der Waals surface area (Å²) in [6, 6.07) is 0. The van der Waals surface area contributed by atoms with Gasteiger partial charge in [-0.05, 0) is 93.5 Å². The first-order valence-electron chi connectivity index (χ1n) is 15.6. The number of aliphatic carboxylic acids is 1. The largest absolute Gasteiger partial charge is 0.481 e. The molecule has 1 N–H and O–H groups in total. The first-order chi connectivity index (χ1) is 17.8. The molecule has 0 aromatic rings. The quantitative estimate of drug-likeness (QED) is 0.321. The Balaban J connectivity index is 1.45. The van der Waals surface area contributed by atoms with Crippen LogP contribution in [0.15, 0.2) is 11.6 Å². The van der Waals surface area contributed by atoms with Gasteiger partial charge in [0.05, 0.1) is 17.6 Å². The number of hydrogen-bond acceptors (Lipinski definition) is 4. The van der Waals surface area contributed by atoms with Crippen LogP contribution in [0.25, 0.3) is 0 Å². The Labute approximate surface area is 223 Å². The first kappa shape index (κ1) is 26.0. The van der Waals surface area contributed by atoms with Gasteiger partial charge in [0.25, 0.3) is 0 Å². The number of allylic oxidation sites excluding steroid dienone is 1. The summed E-state index contributed by atoms with van der Waals surface area (Å²) in [6.45, 7) is 12.2. The second-order valence-corrected chi connectivity index (χ2v) is 14.2. The van der Waals surface area contributed by atoms with E-state index in [2.05, 4.69) is 38.7 Å². The minimum Gasteiger partial charge on any atom is -0.481 e. The molecule has 6 aliphatic rings. The summed E-state index contributed by atoms with van der Waals surface area (Å²) in [5.41, 5.74) is -1.37. The van der Waals surface area contributed by atoms with Gasteiger partial charge >= 0.3 is 5.97 Å². The highest BCUT2D eigenvalue weighted by atomic mass is 16.5. The normalized spacial score (nSPS) is 48.9. The first-order valence-corrected chi connectivity index (χ1v) is 15.6. The van der Waals surface area contributed by atoms with Gasteiger partial charge in [-0.15, -0.1) is 0 Å². The van der Waals surface area contributed by atoms with E-state index in [0.29, 0.717) is 24.2 Å². The van der Waals surface area contributed by atoms with E-state index in [0.717, 1.165) is 70.0 Å². The summed E-state index contributed by atoms with van der Waals surface area (Å²) in [5, 5.41) is 11.4. The van der Waals surface area contributed by atoms with E-state index < -0.39 is 22.2 Å². The van der Waals surface area contributed by atoms with E-state index in [-0.39, 0.29) is 30.0 Å². The Hall–Kier alpha value is -1.20. The minimum absolute atomic E-state index is 0.0805. The van der Waals surface area contributed by atoms with Gasteiger partial charge < -0.3 is 19.5 Å². The smallest absolute Gasteiger partial charge is 0.315 e. The fourth-order valence-corrected chi connectivity index (χ4v) is 11.3. The van der Waals surface area contributed by atoms with E-state index in [9.17, 15) is 14.7 Å².